The van der Waals surface area contributed by atoms with Gasteiger partial charge >= 0.3 is 5.97 Å². The quantitative estimate of drug-likeness (QED) is 0.694. The standard InChI is InChI=1S/C13H13ClN2O2S/c1-2-12-16-9(7-19-12)6-18-13(17)8-3-4-10(14)11(15)5-8/h3-5,7H,2,6,15H2,1H3. The van der Waals surface area contributed by atoms with Gasteiger partial charge in [-0.25, -0.2) is 9.78 Å². The van der Waals surface area contributed by atoms with E-state index in [0.717, 1.165) is 17.1 Å². The molecule has 0 aliphatic carbocycles. The van der Waals surface area contributed by atoms with Crippen LogP contribution in [0.5, 0.6) is 0 Å². The monoisotopic (exact) mass is 296 g/mol. The Labute approximate surface area is 120 Å². The fourth-order valence-electron chi connectivity index (χ4n) is 1.47. The third-order valence-corrected chi connectivity index (χ3v) is 3.87. The molecule has 2 aromatic rings. The Bertz CT molecular complexity index is 598. The fraction of sp³-hybridized carbons (Fsp3) is 0.231. The van der Waals surface area contributed by atoms with E-state index in [9.17, 15) is 4.79 Å². The number of aromatic nitrogens is 1. The first-order valence-corrected chi connectivity index (χ1v) is 7.01. The molecular weight excluding hydrogens is 284 g/mol. The normalized spacial score (nSPS) is 10.4. The van der Waals surface area contributed by atoms with Crippen molar-refractivity contribution in [2.24, 2.45) is 0 Å². The van der Waals surface area contributed by atoms with Crippen LogP contribution in [0.25, 0.3) is 0 Å². The Morgan fingerprint density at radius 1 is 1.53 bits per heavy atom. The van der Waals surface area contributed by atoms with Gasteiger partial charge in [-0.15, -0.1) is 11.3 Å². The van der Waals surface area contributed by atoms with Gasteiger partial charge in [-0.3, -0.25) is 0 Å². The zero-order chi connectivity index (χ0) is 13.8. The van der Waals surface area contributed by atoms with E-state index in [0.29, 0.717) is 16.3 Å². The van der Waals surface area contributed by atoms with E-state index >= 15 is 0 Å². The topological polar surface area (TPSA) is 65.2 Å². The second-order valence-corrected chi connectivity index (χ2v) is 5.25. The molecule has 1 heterocycles. The Morgan fingerprint density at radius 3 is 2.95 bits per heavy atom. The first-order chi connectivity index (χ1) is 9.10. The Morgan fingerprint density at radius 2 is 2.32 bits per heavy atom. The molecule has 0 amide bonds. The lowest BCUT2D eigenvalue weighted by atomic mass is 10.2. The minimum atomic E-state index is -0.436. The first kappa shape index (κ1) is 13.8. The molecule has 0 aliphatic rings. The van der Waals surface area contributed by atoms with E-state index in [2.05, 4.69) is 4.98 Å². The molecule has 0 radical (unpaired) electrons. The van der Waals surface area contributed by atoms with Gasteiger partial charge in [-0.05, 0) is 24.6 Å². The average Bonchev–Trinajstić information content (AvgIpc) is 2.87. The third-order valence-electron chi connectivity index (χ3n) is 2.48. The molecule has 0 unspecified atom stereocenters. The van der Waals surface area contributed by atoms with Crippen molar-refractivity contribution in [3.63, 3.8) is 0 Å². The van der Waals surface area contributed by atoms with Crippen LogP contribution in [-0.2, 0) is 17.8 Å². The van der Waals surface area contributed by atoms with Crippen LogP contribution < -0.4 is 5.73 Å². The van der Waals surface area contributed by atoms with Crippen molar-refractivity contribution >= 4 is 34.6 Å². The van der Waals surface area contributed by atoms with E-state index in [1.165, 1.54) is 6.07 Å². The number of benzene rings is 1. The van der Waals surface area contributed by atoms with Gasteiger partial charge in [-0.1, -0.05) is 18.5 Å². The third kappa shape index (κ3) is 3.45. The number of esters is 1. The van der Waals surface area contributed by atoms with Crippen LogP contribution in [0, 0.1) is 0 Å². The maximum Gasteiger partial charge on any atom is 0.338 e. The highest BCUT2D eigenvalue weighted by Crippen LogP contribution is 2.20. The van der Waals surface area contributed by atoms with Crippen LogP contribution in [-0.4, -0.2) is 11.0 Å². The van der Waals surface area contributed by atoms with Gasteiger partial charge in [0.15, 0.2) is 0 Å². The van der Waals surface area contributed by atoms with Crippen LogP contribution in [0.1, 0.15) is 28.0 Å². The van der Waals surface area contributed by atoms with Crippen molar-refractivity contribution in [2.45, 2.75) is 20.0 Å². The molecule has 0 aliphatic heterocycles. The Kier molecular flexibility index (Phi) is 4.39. The van der Waals surface area contributed by atoms with Crippen molar-refractivity contribution in [3.05, 3.63) is 44.9 Å². The Balaban J connectivity index is 1.99. The SMILES string of the molecule is CCc1nc(COC(=O)c2ccc(Cl)c(N)c2)cs1. The summed E-state index contributed by atoms with van der Waals surface area (Å²) in [7, 11) is 0. The summed E-state index contributed by atoms with van der Waals surface area (Å²) in [6.45, 7) is 2.20. The summed E-state index contributed by atoms with van der Waals surface area (Å²) in [5.74, 6) is -0.436. The lowest BCUT2D eigenvalue weighted by molar-refractivity contribution is 0.0468. The molecule has 0 fully saturated rings. The molecule has 100 valence electrons. The van der Waals surface area contributed by atoms with E-state index in [-0.39, 0.29) is 6.61 Å². The number of nitrogens with two attached hydrogens (primary N) is 1. The number of ether oxygens (including phenoxy) is 1. The molecule has 2 rings (SSSR count). The summed E-state index contributed by atoms with van der Waals surface area (Å²) in [5.41, 5.74) is 7.14. The number of aryl methyl sites for hydroxylation is 1. The summed E-state index contributed by atoms with van der Waals surface area (Å²) < 4.78 is 5.17. The van der Waals surface area contributed by atoms with Crippen molar-refractivity contribution in [2.75, 3.05) is 5.73 Å². The highest BCUT2D eigenvalue weighted by molar-refractivity contribution is 7.09. The van der Waals surface area contributed by atoms with Crippen LogP contribution in [0.2, 0.25) is 5.02 Å². The molecule has 1 aromatic carbocycles. The smallest absolute Gasteiger partial charge is 0.338 e. The number of carbonyl (C=O) groups excluding carboxylic acids is 1. The van der Waals surface area contributed by atoms with E-state index in [4.69, 9.17) is 22.1 Å². The highest BCUT2D eigenvalue weighted by atomic mass is 35.5. The van der Waals surface area contributed by atoms with Gasteiger partial charge in [0.25, 0.3) is 0 Å². The number of nitrogens with zero attached hydrogens (tertiary/aromatic N) is 1. The zero-order valence-electron chi connectivity index (χ0n) is 10.4. The fourth-order valence-corrected chi connectivity index (χ4v) is 2.32. The second kappa shape index (κ2) is 6.04. The molecular formula is C13H13ClN2O2S. The van der Waals surface area contributed by atoms with Crippen LogP contribution in [0.4, 0.5) is 5.69 Å². The lowest BCUT2D eigenvalue weighted by Gasteiger charge is -2.04. The molecule has 2 N–H and O–H groups in total. The average molecular weight is 297 g/mol. The van der Waals surface area contributed by atoms with E-state index < -0.39 is 5.97 Å². The van der Waals surface area contributed by atoms with E-state index in [1.807, 2.05) is 12.3 Å². The molecule has 0 atom stereocenters. The largest absolute Gasteiger partial charge is 0.456 e. The number of hydrogen-bond donors (Lipinski definition) is 1. The molecule has 0 saturated carbocycles. The van der Waals surface area contributed by atoms with Crippen LogP contribution in [0.3, 0.4) is 0 Å². The lowest BCUT2D eigenvalue weighted by Crippen LogP contribution is -2.06. The molecule has 0 saturated heterocycles. The maximum absolute atomic E-state index is 11.8. The van der Waals surface area contributed by atoms with Gasteiger partial charge in [-0.2, -0.15) is 0 Å². The molecule has 6 heteroatoms. The number of anilines is 1. The van der Waals surface area contributed by atoms with Gasteiger partial charge in [0.05, 0.1) is 27.0 Å². The predicted molar refractivity (Wildman–Crippen MR) is 76.5 cm³/mol. The second-order valence-electron chi connectivity index (χ2n) is 3.90. The summed E-state index contributed by atoms with van der Waals surface area (Å²) in [4.78, 5) is 16.1. The first-order valence-electron chi connectivity index (χ1n) is 5.75. The highest BCUT2D eigenvalue weighted by Gasteiger charge is 2.10. The van der Waals surface area contributed by atoms with E-state index in [1.54, 1.807) is 23.5 Å². The van der Waals surface area contributed by atoms with Gasteiger partial charge in [0.1, 0.15) is 6.61 Å². The number of carbonyl (C=O) groups is 1. The molecule has 19 heavy (non-hydrogen) atoms. The number of rotatable bonds is 4. The Hall–Kier alpha value is -1.59. The zero-order valence-corrected chi connectivity index (χ0v) is 11.9. The van der Waals surface area contributed by atoms with Crippen molar-refractivity contribution in [1.29, 1.82) is 0 Å². The predicted octanol–water partition coefficient (Wildman–Crippen LogP) is 3.30. The summed E-state index contributed by atoms with van der Waals surface area (Å²) in [6.07, 6.45) is 0.881. The van der Waals surface area contributed by atoms with Gasteiger partial charge in [0.2, 0.25) is 0 Å². The molecule has 0 bridgehead atoms. The van der Waals surface area contributed by atoms with Gasteiger partial charge < -0.3 is 10.5 Å². The molecule has 4 nitrogen and oxygen atoms in total. The summed E-state index contributed by atoms with van der Waals surface area (Å²) in [6, 6.07) is 4.66. The van der Waals surface area contributed by atoms with Crippen molar-refractivity contribution in [1.82, 2.24) is 4.98 Å². The maximum atomic E-state index is 11.8. The summed E-state index contributed by atoms with van der Waals surface area (Å²) in [5, 5.41) is 3.34. The number of halogens is 1. The number of thiazole rings is 1. The molecule has 0 spiro atoms. The van der Waals surface area contributed by atoms with Crippen molar-refractivity contribution in [3.8, 4) is 0 Å². The molecule has 1 aromatic heterocycles. The number of nitrogen functional groups attached to an aromatic ring is 1. The van der Waals surface area contributed by atoms with Gasteiger partial charge in [0, 0.05) is 5.38 Å². The number of hydrogen-bond acceptors (Lipinski definition) is 5. The van der Waals surface area contributed by atoms with Crippen LogP contribution >= 0.6 is 22.9 Å². The minimum absolute atomic E-state index is 0.165. The van der Waals surface area contributed by atoms with Crippen molar-refractivity contribution < 1.29 is 9.53 Å². The minimum Gasteiger partial charge on any atom is -0.456 e. The van der Waals surface area contributed by atoms with Crippen LogP contribution in [0.15, 0.2) is 23.6 Å². The summed E-state index contributed by atoms with van der Waals surface area (Å²) >= 11 is 7.35.